The number of anilines is 1. The number of carbonyl (C=O) groups is 4. The average molecular weight is 314 g/mol. The van der Waals surface area contributed by atoms with Crippen LogP contribution in [-0.4, -0.2) is 47.1 Å². The van der Waals surface area contributed by atoms with Gasteiger partial charge in [-0.25, -0.2) is 14.1 Å². The summed E-state index contributed by atoms with van der Waals surface area (Å²) in [6, 6.07) is 2.63. The smallest absolute Gasteiger partial charge is 0.324 e. The molecule has 0 spiro atoms. The van der Waals surface area contributed by atoms with E-state index in [1.54, 1.807) is 0 Å². The summed E-state index contributed by atoms with van der Waals surface area (Å²) in [5.41, 5.74) is 0.199. The van der Waals surface area contributed by atoms with Gasteiger partial charge in [-0.1, -0.05) is 11.6 Å². The Morgan fingerprint density at radius 3 is 2.48 bits per heavy atom. The fourth-order valence-electron chi connectivity index (χ4n) is 1.67. The molecule has 1 aliphatic rings. The van der Waals surface area contributed by atoms with Crippen LogP contribution in [0.4, 0.5) is 14.9 Å². The molecule has 21 heavy (non-hydrogen) atoms. The van der Waals surface area contributed by atoms with Crippen LogP contribution in [0.2, 0.25) is 5.02 Å². The van der Waals surface area contributed by atoms with Gasteiger partial charge in [0.05, 0.1) is 5.02 Å². The van der Waals surface area contributed by atoms with Crippen molar-refractivity contribution in [3.05, 3.63) is 29.0 Å². The molecule has 1 aliphatic heterocycles. The summed E-state index contributed by atoms with van der Waals surface area (Å²) >= 11 is 5.56. The number of hydrogen-bond acceptors (Lipinski definition) is 4. The molecule has 0 bridgehead atoms. The van der Waals surface area contributed by atoms with Gasteiger partial charge in [0.1, 0.15) is 12.4 Å². The Balaban J connectivity index is 2.05. The summed E-state index contributed by atoms with van der Waals surface area (Å²) in [4.78, 5) is 47.2. The van der Waals surface area contributed by atoms with Crippen LogP contribution >= 0.6 is 11.6 Å². The number of imide groups is 2. The number of nitrogens with one attached hydrogen (secondary N) is 1. The molecule has 0 radical (unpaired) electrons. The van der Waals surface area contributed by atoms with Gasteiger partial charge in [0.15, 0.2) is 0 Å². The van der Waals surface area contributed by atoms with Crippen LogP contribution in [-0.2, 0) is 14.4 Å². The molecular weight excluding hydrogens is 305 g/mol. The number of rotatable bonds is 3. The third-order valence-electron chi connectivity index (χ3n) is 2.76. The first-order valence-electron chi connectivity index (χ1n) is 5.69. The van der Waals surface area contributed by atoms with E-state index >= 15 is 0 Å². The lowest BCUT2D eigenvalue weighted by Gasteiger charge is -2.12. The molecule has 0 unspecified atom stereocenters. The molecule has 1 fully saturated rings. The maximum absolute atomic E-state index is 13.0. The van der Waals surface area contributed by atoms with Gasteiger partial charge in [0.25, 0.3) is 0 Å². The number of benzene rings is 1. The Labute approximate surface area is 123 Å². The van der Waals surface area contributed by atoms with Crippen molar-refractivity contribution in [3.63, 3.8) is 0 Å². The van der Waals surface area contributed by atoms with Crippen LogP contribution in [0.5, 0.6) is 0 Å². The van der Waals surface area contributed by atoms with Gasteiger partial charge in [0, 0.05) is 12.7 Å². The third kappa shape index (κ3) is 2.84. The zero-order valence-corrected chi connectivity index (χ0v) is 11.5. The van der Waals surface area contributed by atoms with Gasteiger partial charge in [-0.2, -0.15) is 0 Å². The second kappa shape index (κ2) is 5.49. The first kappa shape index (κ1) is 14.9. The first-order valence-corrected chi connectivity index (χ1v) is 6.07. The van der Waals surface area contributed by atoms with Crippen LogP contribution < -0.4 is 5.32 Å². The van der Waals surface area contributed by atoms with Crippen molar-refractivity contribution in [2.75, 3.05) is 18.9 Å². The number of urea groups is 1. The number of halogens is 2. The summed E-state index contributed by atoms with van der Waals surface area (Å²) in [5, 5.41) is 2.16. The molecule has 0 aromatic heterocycles. The summed E-state index contributed by atoms with van der Waals surface area (Å²) in [7, 11) is 1.14. The third-order valence-corrected chi connectivity index (χ3v) is 3.05. The van der Waals surface area contributed by atoms with E-state index in [-0.39, 0.29) is 10.7 Å². The molecule has 9 heteroatoms. The quantitative estimate of drug-likeness (QED) is 0.661. The molecule has 1 N–H and O–H groups in total. The van der Waals surface area contributed by atoms with Crippen molar-refractivity contribution in [1.82, 2.24) is 9.80 Å². The van der Waals surface area contributed by atoms with Gasteiger partial charge in [0.2, 0.25) is 5.91 Å². The highest BCUT2D eigenvalue weighted by molar-refractivity contribution is 6.45. The lowest BCUT2D eigenvalue weighted by Crippen LogP contribution is -2.38. The highest BCUT2D eigenvalue weighted by Gasteiger charge is 2.42. The topological polar surface area (TPSA) is 86.8 Å². The molecular formula is C12H9ClFN3O4. The minimum absolute atomic E-state index is 0.184. The van der Waals surface area contributed by atoms with E-state index in [1.165, 1.54) is 12.1 Å². The van der Waals surface area contributed by atoms with E-state index in [1.807, 2.05) is 0 Å². The molecule has 0 saturated carbocycles. The summed E-state index contributed by atoms with van der Waals surface area (Å²) < 4.78 is 13.0. The Morgan fingerprint density at radius 2 is 1.95 bits per heavy atom. The van der Waals surface area contributed by atoms with E-state index in [0.29, 0.717) is 9.80 Å². The second-order valence-corrected chi connectivity index (χ2v) is 4.62. The summed E-state index contributed by atoms with van der Waals surface area (Å²) in [6.07, 6.45) is 0. The summed E-state index contributed by atoms with van der Waals surface area (Å²) in [5.74, 6) is -3.44. The van der Waals surface area contributed by atoms with Crippen LogP contribution in [0.15, 0.2) is 18.2 Å². The molecule has 2 rings (SSSR count). The van der Waals surface area contributed by atoms with E-state index in [0.717, 1.165) is 13.1 Å². The van der Waals surface area contributed by atoms with Crippen molar-refractivity contribution >= 4 is 41.0 Å². The number of likely N-dealkylation sites (N-methyl/N-ethyl adjacent to an activating group) is 1. The fourth-order valence-corrected chi connectivity index (χ4v) is 1.85. The van der Waals surface area contributed by atoms with Crippen molar-refractivity contribution in [1.29, 1.82) is 0 Å². The molecule has 1 aromatic carbocycles. The van der Waals surface area contributed by atoms with Crippen molar-refractivity contribution < 1.29 is 23.6 Å². The highest BCUT2D eigenvalue weighted by atomic mass is 35.5. The minimum atomic E-state index is -1.07. The van der Waals surface area contributed by atoms with E-state index < -0.39 is 36.1 Å². The molecule has 1 heterocycles. The van der Waals surface area contributed by atoms with Crippen LogP contribution in [0.1, 0.15) is 0 Å². The lowest BCUT2D eigenvalue weighted by atomic mass is 10.3. The number of carbonyl (C=O) groups excluding carboxylic acids is 4. The van der Waals surface area contributed by atoms with Gasteiger partial charge in [-0.3, -0.25) is 19.3 Å². The Bertz CT molecular complexity index is 664. The van der Waals surface area contributed by atoms with E-state index in [9.17, 15) is 23.6 Å². The number of hydrogen-bond donors (Lipinski definition) is 1. The summed E-state index contributed by atoms with van der Waals surface area (Å²) in [6.45, 7) is -0.622. The average Bonchev–Trinajstić information content (AvgIpc) is 2.61. The largest absolute Gasteiger partial charge is 0.334 e. The molecule has 5 amide bonds. The van der Waals surface area contributed by atoms with E-state index in [2.05, 4.69) is 5.32 Å². The lowest BCUT2D eigenvalue weighted by molar-refractivity contribution is -0.143. The van der Waals surface area contributed by atoms with E-state index in [4.69, 9.17) is 11.6 Å². The Kier molecular flexibility index (Phi) is 3.90. The Hall–Kier alpha value is -2.48. The monoisotopic (exact) mass is 313 g/mol. The zero-order valence-electron chi connectivity index (χ0n) is 10.7. The standard InChI is InChI=1S/C12H9ClFN3O4/c1-16-10(19)11(20)17(12(16)21)5-9(18)15-6-2-3-8(14)7(13)4-6/h2-4H,5H2,1H3,(H,15,18). The van der Waals surface area contributed by atoms with Crippen LogP contribution in [0.25, 0.3) is 0 Å². The maximum atomic E-state index is 13.0. The molecule has 7 nitrogen and oxygen atoms in total. The Morgan fingerprint density at radius 1 is 1.29 bits per heavy atom. The van der Waals surface area contributed by atoms with Crippen molar-refractivity contribution in [2.45, 2.75) is 0 Å². The molecule has 0 aliphatic carbocycles. The van der Waals surface area contributed by atoms with Crippen LogP contribution in [0.3, 0.4) is 0 Å². The van der Waals surface area contributed by atoms with Crippen LogP contribution in [0, 0.1) is 5.82 Å². The molecule has 1 saturated heterocycles. The zero-order chi connectivity index (χ0) is 15.7. The molecule has 0 atom stereocenters. The minimum Gasteiger partial charge on any atom is -0.324 e. The van der Waals surface area contributed by atoms with Gasteiger partial charge >= 0.3 is 17.8 Å². The molecule has 110 valence electrons. The van der Waals surface area contributed by atoms with Gasteiger partial charge < -0.3 is 5.32 Å². The maximum Gasteiger partial charge on any atom is 0.334 e. The van der Waals surface area contributed by atoms with Gasteiger partial charge in [-0.05, 0) is 18.2 Å². The number of nitrogens with zero attached hydrogens (tertiary/aromatic N) is 2. The van der Waals surface area contributed by atoms with Crippen molar-refractivity contribution in [3.8, 4) is 0 Å². The first-order chi connectivity index (χ1) is 9.81. The normalized spacial score (nSPS) is 14.9. The van der Waals surface area contributed by atoms with Crippen molar-refractivity contribution in [2.24, 2.45) is 0 Å². The number of amides is 5. The predicted molar refractivity (Wildman–Crippen MR) is 69.9 cm³/mol. The SMILES string of the molecule is CN1C(=O)C(=O)N(CC(=O)Nc2ccc(F)c(Cl)c2)C1=O. The van der Waals surface area contributed by atoms with Gasteiger partial charge in [-0.15, -0.1) is 0 Å². The second-order valence-electron chi connectivity index (χ2n) is 4.22. The highest BCUT2D eigenvalue weighted by Crippen LogP contribution is 2.19. The molecule has 1 aromatic rings. The predicted octanol–water partition coefficient (Wildman–Crippen LogP) is 0.838. The fraction of sp³-hybridized carbons (Fsp3) is 0.167.